The van der Waals surface area contributed by atoms with E-state index < -0.39 is 0 Å². The van der Waals surface area contributed by atoms with Gasteiger partial charge in [0, 0.05) is 34.1 Å². The molecule has 0 saturated carbocycles. The maximum absolute atomic E-state index is 2.39. The van der Waals surface area contributed by atoms with Gasteiger partial charge in [-0.05, 0) is 207 Å². The Kier molecular flexibility index (Phi) is 9.89. The van der Waals surface area contributed by atoms with Crippen LogP contribution < -0.4 is 9.80 Å². The highest BCUT2D eigenvalue weighted by Gasteiger charge is 2.17. The third-order valence-electron chi connectivity index (χ3n) is 14.6. The van der Waals surface area contributed by atoms with E-state index >= 15 is 0 Å². The van der Waals surface area contributed by atoms with Gasteiger partial charge in [-0.15, -0.1) is 0 Å². The molecule has 72 heavy (non-hydrogen) atoms. The normalized spacial score (nSPS) is 11.8. The molecular weight excluding hydrogens is 869 g/mol. The van der Waals surface area contributed by atoms with Gasteiger partial charge in [0.05, 0.1) is 0 Å². The summed E-state index contributed by atoms with van der Waals surface area (Å²) in [7, 11) is 0. The van der Waals surface area contributed by atoms with E-state index in [1.807, 2.05) is 0 Å². The lowest BCUT2D eigenvalue weighted by Crippen LogP contribution is -2.10. The van der Waals surface area contributed by atoms with Crippen molar-refractivity contribution in [3.05, 3.63) is 278 Å². The molecule has 14 aromatic rings. The number of hydrogen-bond donors (Lipinski definition) is 0. The Hall–Kier alpha value is -9.50. The van der Waals surface area contributed by atoms with E-state index in [2.05, 4.69) is 289 Å². The van der Waals surface area contributed by atoms with Crippen LogP contribution in [0.3, 0.4) is 0 Å². The summed E-state index contributed by atoms with van der Waals surface area (Å²) in [6.45, 7) is 0. The first-order valence-corrected chi connectivity index (χ1v) is 24.8. The molecule has 0 aliphatic heterocycles. The molecule has 0 N–H and O–H groups in total. The quantitative estimate of drug-likeness (QED) is 0.111. The third kappa shape index (κ3) is 7.63. The first kappa shape index (κ1) is 41.5. The van der Waals surface area contributed by atoms with Gasteiger partial charge in [-0.1, -0.05) is 170 Å². The van der Waals surface area contributed by atoms with Crippen molar-refractivity contribution in [2.45, 2.75) is 0 Å². The molecule has 2 heteroatoms. The molecular formula is C70H46N2. The summed E-state index contributed by atoms with van der Waals surface area (Å²) in [6, 6.07) is 98.1. The summed E-state index contributed by atoms with van der Waals surface area (Å²) < 4.78 is 0. The smallest absolute Gasteiger partial charge is 0.0468 e. The molecule has 0 saturated heterocycles. The van der Waals surface area contributed by atoms with Crippen LogP contribution >= 0.6 is 0 Å². The van der Waals surface area contributed by atoms with Gasteiger partial charge in [-0.3, -0.25) is 0 Å². The van der Waals surface area contributed by atoms with Crippen molar-refractivity contribution < 1.29 is 0 Å². The van der Waals surface area contributed by atoms with E-state index in [-0.39, 0.29) is 0 Å². The Balaban J connectivity index is 0.776. The Morgan fingerprint density at radius 1 is 0.167 bits per heavy atom. The van der Waals surface area contributed by atoms with E-state index in [1.54, 1.807) is 0 Å². The molecule has 0 fully saturated rings. The van der Waals surface area contributed by atoms with Crippen molar-refractivity contribution in [1.29, 1.82) is 0 Å². The maximum atomic E-state index is 2.39. The van der Waals surface area contributed by atoms with Gasteiger partial charge in [0.15, 0.2) is 0 Å². The third-order valence-corrected chi connectivity index (χ3v) is 14.6. The first-order chi connectivity index (χ1) is 35.6. The van der Waals surface area contributed by atoms with Gasteiger partial charge in [-0.25, -0.2) is 0 Å². The fourth-order valence-electron chi connectivity index (χ4n) is 10.8. The second-order valence-electron chi connectivity index (χ2n) is 19.1. The highest BCUT2D eigenvalue weighted by atomic mass is 15.1. The number of nitrogens with zero attached hydrogens (tertiary/aromatic N) is 2. The van der Waals surface area contributed by atoms with Gasteiger partial charge >= 0.3 is 0 Å². The first-order valence-electron chi connectivity index (χ1n) is 24.8. The van der Waals surface area contributed by atoms with Crippen molar-refractivity contribution in [2.24, 2.45) is 0 Å². The number of rotatable bonds is 8. The molecule has 336 valence electrons. The minimum atomic E-state index is 1.12. The molecule has 2 nitrogen and oxygen atoms in total. The molecule has 0 radical (unpaired) electrons. The summed E-state index contributed by atoms with van der Waals surface area (Å²) in [5.41, 5.74) is 9.06. The van der Waals surface area contributed by atoms with Gasteiger partial charge in [-0.2, -0.15) is 0 Å². The average molecular weight is 915 g/mol. The predicted octanol–water partition coefficient (Wildman–Crippen LogP) is 20.0. The molecule has 0 spiro atoms. The van der Waals surface area contributed by atoms with Crippen LogP contribution in [-0.2, 0) is 0 Å². The summed E-state index contributed by atoms with van der Waals surface area (Å²) in [6.07, 6.45) is 4.46. The molecule has 0 aliphatic rings. The lowest BCUT2D eigenvalue weighted by Gasteiger charge is -2.26. The summed E-state index contributed by atoms with van der Waals surface area (Å²) in [5, 5.41) is 19.6. The maximum Gasteiger partial charge on any atom is 0.0468 e. The van der Waals surface area contributed by atoms with Crippen LogP contribution in [0.4, 0.5) is 34.1 Å². The van der Waals surface area contributed by atoms with Crippen molar-refractivity contribution in [3.63, 3.8) is 0 Å². The minimum absolute atomic E-state index is 1.12. The van der Waals surface area contributed by atoms with E-state index in [4.69, 9.17) is 0 Å². The highest BCUT2D eigenvalue weighted by Crippen LogP contribution is 2.42. The second-order valence-corrected chi connectivity index (χ2v) is 19.1. The summed E-state index contributed by atoms with van der Waals surface area (Å²) in [4.78, 5) is 4.78. The van der Waals surface area contributed by atoms with E-state index in [0.717, 1.165) is 45.3 Å². The SMILES string of the molecule is C(=C\c1ccc2cc(N(c3ccc4ccccc4c3)c3ccc4cc5ccccc5cc4c3)ccc2c1)/c1ccc2cc(N(c3ccc4ccccc4c3)c3ccc4cc5ccccc5cc4c3)ccc2c1. The Labute approximate surface area is 418 Å². The van der Waals surface area contributed by atoms with Gasteiger partial charge < -0.3 is 9.80 Å². The molecule has 0 heterocycles. The Morgan fingerprint density at radius 2 is 0.375 bits per heavy atom. The fourth-order valence-corrected chi connectivity index (χ4v) is 10.8. The van der Waals surface area contributed by atoms with E-state index in [9.17, 15) is 0 Å². The molecule has 0 atom stereocenters. The zero-order chi connectivity index (χ0) is 47.5. The van der Waals surface area contributed by atoms with Crippen LogP contribution in [0, 0.1) is 0 Å². The van der Waals surface area contributed by atoms with E-state index in [0.29, 0.717) is 0 Å². The van der Waals surface area contributed by atoms with Crippen LogP contribution in [0.2, 0.25) is 0 Å². The van der Waals surface area contributed by atoms with Crippen molar-refractivity contribution >= 4 is 132 Å². The van der Waals surface area contributed by atoms with Crippen LogP contribution in [0.15, 0.2) is 267 Å². The number of anilines is 6. The van der Waals surface area contributed by atoms with Gasteiger partial charge in [0.1, 0.15) is 0 Å². The fraction of sp³-hybridized carbons (Fsp3) is 0. The largest absolute Gasteiger partial charge is 0.310 e. The predicted molar refractivity (Wildman–Crippen MR) is 311 cm³/mol. The minimum Gasteiger partial charge on any atom is -0.310 e. The lowest BCUT2D eigenvalue weighted by atomic mass is 10.0. The topological polar surface area (TPSA) is 6.48 Å². The second kappa shape index (κ2) is 17.2. The summed E-state index contributed by atoms with van der Waals surface area (Å²) >= 11 is 0. The van der Waals surface area contributed by atoms with Crippen molar-refractivity contribution in [1.82, 2.24) is 0 Å². The van der Waals surface area contributed by atoms with Crippen molar-refractivity contribution in [3.8, 4) is 0 Å². The molecule has 0 unspecified atom stereocenters. The molecule has 14 rings (SSSR count). The van der Waals surface area contributed by atoms with Crippen molar-refractivity contribution in [2.75, 3.05) is 9.80 Å². The van der Waals surface area contributed by atoms with Crippen LogP contribution in [-0.4, -0.2) is 0 Å². The Bertz CT molecular complexity index is 4200. The van der Waals surface area contributed by atoms with E-state index in [1.165, 1.54) is 86.2 Å². The molecule has 0 bridgehead atoms. The standard InChI is InChI=1S/C70H46N2/c1-3-15-55-41-65(29-23-49(55)9-1)71(69-33-27-59-37-51-11-5-7-13-53(51)39-63(59)45-69)67-31-25-57-35-47(19-21-61(57)43-67)17-18-48-20-22-62-44-68(32-26-58(62)36-48)72(66-30-24-50-10-2-4-16-56(50)42-66)70-34-28-60-38-52-12-6-8-14-54(52)40-64(60)46-70/h1-46H/b18-17+. The molecule has 14 aromatic carbocycles. The zero-order valence-corrected chi connectivity index (χ0v) is 39.5. The van der Waals surface area contributed by atoms with Crippen LogP contribution in [0.5, 0.6) is 0 Å². The number of hydrogen-bond acceptors (Lipinski definition) is 2. The monoisotopic (exact) mass is 914 g/mol. The van der Waals surface area contributed by atoms with Crippen LogP contribution in [0.25, 0.3) is 98.3 Å². The lowest BCUT2D eigenvalue weighted by molar-refractivity contribution is 1.30. The zero-order valence-electron chi connectivity index (χ0n) is 39.5. The molecule has 0 aliphatic carbocycles. The molecule has 0 amide bonds. The Morgan fingerprint density at radius 3 is 0.708 bits per heavy atom. The summed E-state index contributed by atoms with van der Waals surface area (Å²) in [5.74, 6) is 0. The number of fused-ring (bicyclic) bond motifs is 8. The number of benzene rings is 14. The average Bonchev–Trinajstić information content (AvgIpc) is 3.43. The highest BCUT2D eigenvalue weighted by molar-refractivity contribution is 6.03. The van der Waals surface area contributed by atoms with Gasteiger partial charge in [0.2, 0.25) is 0 Å². The van der Waals surface area contributed by atoms with Crippen LogP contribution in [0.1, 0.15) is 11.1 Å². The molecule has 0 aromatic heterocycles. The van der Waals surface area contributed by atoms with Gasteiger partial charge in [0.25, 0.3) is 0 Å².